The van der Waals surface area contributed by atoms with Crippen molar-refractivity contribution in [3.63, 3.8) is 0 Å². The molecule has 0 amide bonds. The minimum absolute atomic E-state index is 0.297. The van der Waals surface area contributed by atoms with E-state index in [-0.39, 0.29) is 5.69 Å². The molecule has 0 saturated carbocycles. The fraction of sp³-hybridized carbons (Fsp3) is 0.125. The second kappa shape index (κ2) is 2.91. The van der Waals surface area contributed by atoms with E-state index in [0.717, 1.165) is 0 Å². The Labute approximate surface area is 82.2 Å². The number of thiophene rings is 1. The van der Waals surface area contributed by atoms with Gasteiger partial charge >= 0.3 is 5.69 Å². The molecule has 14 heavy (non-hydrogen) atoms. The molecule has 0 aliphatic rings. The van der Waals surface area contributed by atoms with E-state index in [4.69, 9.17) is 0 Å². The second-order valence-corrected chi connectivity index (χ2v) is 3.76. The van der Waals surface area contributed by atoms with Crippen molar-refractivity contribution in [3.05, 3.63) is 37.5 Å². The van der Waals surface area contributed by atoms with Gasteiger partial charge in [0, 0.05) is 0 Å². The third kappa shape index (κ3) is 1.12. The first kappa shape index (κ1) is 8.89. The summed E-state index contributed by atoms with van der Waals surface area (Å²) >= 11 is 1.21. The highest BCUT2D eigenvalue weighted by atomic mass is 32.1. The van der Waals surface area contributed by atoms with Crippen molar-refractivity contribution >= 4 is 27.2 Å². The van der Waals surface area contributed by atoms with Crippen LogP contribution in [0, 0.1) is 17.0 Å². The number of nitrogens with one attached hydrogen (secondary N) is 1. The SMILES string of the molecule is Cc1[nH]c2ccsc2c(=O)c1[N+](=O)[O-]. The molecule has 0 bridgehead atoms. The van der Waals surface area contributed by atoms with Gasteiger partial charge in [-0.3, -0.25) is 14.9 Å². The zero-order valence-corrected chi connectivity index (χ0v) is 8.05. The zero-order valence-electron chi connectivity index (χ0n) is 7.23. The van der Waals surface area contributed by atoms with Gasteiger partial charge < -0.3 is 4.98 Å². The lowest BCUT2D eigenvalue weighted by molar-refractivity contribution is -0.386. The summed E-state index contributed by atoms with van der Waals surface area (Å²) in [6, 6.07) is 1.73. The van der Waals surface area contributed by atoms with E-state index in [2.05, 4.69) is 4.98 Å². The minimum atomic E-state index is -0.646. The molecule has 72 valence electrons. The Hall–Kier alpha value is -1.69. The summed E-state index contributed by atoms with van der Waals surface area (Å²) < 4.78 is 0.405. The lowest BCUT2D eigenvalue weighted by Crippen LogP contribution is -2.10. The number of fused-ring (bicyclic) bond motifs is 1. The molecule has 0 unspecified atom stereocenters. The van der Waals surface area contributed by atoms with E-state index in [9.17, 15) is 14.9 Å². The third-order valence-electron chi connectivity index (χ3n) is 1.95. The molecule has 0 saturated heterocycles. The fourth-order valence-electron chi connectivity index (χ4n) is 1.34. The molecular formula is C8H6N2O3S. The first-order valence-corrected chi connectivity index (χ1v) is 4.73. The molecule has 0 aliphatic heterocycles. The fourth-order valence-corrected chi connectivity index (χ4v) is 2.13. The molecule has 2 heterocycles. The van der Waals surface area contributed by atoms with Gasteiger partial charge in [0.15, 0.2) is 0 Å². The highest BCUT2D eigenvalue weighted by Crippen LogP contribution is 2.20. The van der Waals surface area contributed by atoms with E-state index >= 15 is 0 Å². The number of nitro groups is 1. The Bertz CT molecular complexity index is 569. The van der Waals surface area contributed by atoms with Gasteiger partial charge in [-0.05, 0) is 18.4 Å². The highest BCUT2D eigenvalue weighted by Gasteiger charge is 2.19. The predicted octanol–water partition coefficient (Wildman–Crippen LogP) is 1.81. The quantitative estimate of drug-likeness (QED) is 0.576. The Morgan fingerprint density at radius 3 is 2.93 bits per heavy atom. The van der Waals surface area contributed by atoms with Crippen LogP contribution < -0.4 is 5.43 Å². The summed E-state index contributed by atoms with van der Waals surface area (Å²) in [5, 5.41) is 12.3. The number of H-pyrrole nitrogens is 1. The summed E-state index contributed by atoms with van der Waals surface area (Å²) in [4.78, 5) is 24.4. The molecule has 6 heteroatoms. The number of rotatable bonds is 1. The van der Waals surface area contributed by atoms with Crippen LogP contribution in [-0.4, -0.2) is 9.91 Å². The van der Waals surface area contributed by atoms with Crippen molar-refractivity contribution in [2.75, 3.05) is 0 Å². The molecule has 0 radical (unpaired) electrons. The molecular weight excluding hydrogens is 204 g/mol. The summed E-state index contributed by atoms with van der Waals surface area (Å²) in [5.74, 6) is 0. The molecule has 0 aromatic carbocycles. The number of pyridine rings is 1. The van der Waals surface area contributed by atoms with Gasteiger partial charge in [-0.15, -0.1) is 11.3 Å². The van der Waals surface area contributed by atoms with Crippen LogP contribution in [0.3, 0.4) is 0 Å². The van der Waals surface area contributed by atoms with E-state index in [0.29, 0.717) is 15.9 Å². The van der Waals surface area contributed by atoms with E-state index in [1.165, 1.54) is 18.3 Å². The van der Waals surface area contributed by atoms with Crippen LogP contribution in [0.25, 0.3) is 10.2 Å². The smallest absolute Gasteiger partial charge is 0.336 e. The maximum absolute atomic E-state index is 11.6. The maximum Gasteiger partial charge on any atom is 0.336 e. The van der Waals surface area contributed by atoms with Crippen LogP contribution in [-0.2, 0) is 0 Å². The molecule has 0 spiro atoms. The van der Waals surface area contributed by atoms with Crippen LogP contribution in [0.4, 0.5) is 5.69 Å². The van der Waals surface area contributed by atoms with E-state index in [1.54, 1.807) is 11.4 Å². The van der Waals surface area contributed by atoms with Gasteiger partial charge in [0.1, 0.15) is 4.70 Å². The summed E-state index contributed by atoms with van der Waals surface area (Å²) in [6.07, 6.45) is 0. The topological polar surface area (TPSA) is 76.0 Å². The van der Waals surface area contributed by atoms with E-state index < -0.39 is 10.4 Å². The largest absolute Gasteiger partial charge is 0.352 e. The molecule has 0 fully saturated rings. The standard InChI is InChI=1S/C8H6N2O3S/c1-4-6(10(12)13)7(11)8-5(9-4)2-3-14-8/h2-3H,1H3,(H,9,11). The summed E-state index contributed by atoms with van der Waals surface area (Å²) in [5.41, 5.74) is 0.0881. The Balaban J connectivity index is 2.97. The Morgan fingerprint density at radius 1 is 1.57 bits per heavy atom. The minimum Gasteiger partial charge on any atom is -0.352 e. The van der Waals surface area contributed by atoms with Crippen molar-refractivity contribution in [3.8, 4) is 0 Å². The molecule has 1 N–H and O–H groups in total. The van der Waals surface area contributed by atoms with Gasteiger partial charge in [-0.1, -0.05) is 0 Å². The first-order valence-electron chi connectivity index (χ1n) is 3.85. The number of hydrogen-bond acceptors (Lipinski definition) is 4. The zero-order chi connectivity index (χ0) is 10.3. The molecule has 2 aromatic heterocycles. The number of hydrogen-bond donors (Lipinski definition) is 1. The number of aromatic nitrogens is 1. The van der Waals surface area contributed by atoms with Crippen LogP contribution in [0.1, 0.15) is 5.69 Å². The number of aryl methyl sites for hydroxylation is 1. The first-order chi connectivity index (χ1) is 6.61. The van der Waals surface area contributed by atoms with Gasteiger partial charge in [-0.2, -0.15) is 0 Å². The second-order valence-electron chi connectivity index (χ2n) is 2.85. The molecule has 2 rings (SSSR count). The normalized spacial score (nSPS) is 10.6. The van der Waals surface area contributed by atoms with Gasteiger partial charge in [0.2, 0.25) is 0 Å². The predicted molar refractivity (Wildman–Crippen MR) is 53.8 cm³/mol. The van der Waals surface area contributed by atoms with Crippen LogP contribution >= 0.6 is 11.3 Å². The Kier molecular flexibility index (Phi) is 1.85. The lowest BCUT2D eigenvalue weighted by Gasteiger charge is -1.96. The molecule has 5 nitrogen and oxygen atoms in total. The van der Waals surface area contributed by atoms with Crippen molar-refractivity contribution in [1.29, 1.82) is 0 Å². The van der Waals surface area contributed by atoms with Crippen molar-refractivity contribution in [1.82, 2.24) is 4.98 Å². The Morgan fingerprint density at radius 2 is 2.29 bits per heavy atom. The van der Waals surface area contributed by atoms with Gasteiger partial charge in [0.05, 0.1) is 16.1 Å². The third-order valence-corrected chi connectivity index (χ3v) is 2.86. The molecule has 0 atom stereocenters. The van der Waals surface area contributed by atoms with Gasteiger partial charge in [-0.25, -0.2) is 0 Å². The monoisotopic (exact) mass is 210 g/mol. The molecule has 0 aliphatic carbocycles. The molecule has 2 aromatic rings. The van der Waals surface area contributed by atoms with Crippen molar-refractivity contribution < 1.29 is 4.92 Å². The average molecular weight is 210 g/mol. The van der Waals surface area contributed by atoms with E-state index in [1.807, 2.05) is 0 Å². The van der Waals surface area contributed by atoms with Crippen molar-refractivity contribution in [2.45, 2.75) is 6.92 Å². The number of nitrogens with zero attached hydrogens (tertiary/aromatic N) is 1. The number of aromatic amines is 1. The summed E-state index contributed by atoms with van der Waals surface area (Å²) in [7, 11) is 0. The van der Waals surface area contributed by atoms with Crippen LogP contribution in [0.15, 0.2) is 16.2 Å². The van der Waals surface area contributed by atoms with Crippen LogP contribution in [0.2, 0.25) is 0 Å². The van der Waals surface area contributed by atoms with Crippen molar-refractivity contribution in [2.24, 2.45) is 0 Å². The maximum atomic E-state index is 11.6. The lowest BCUT2D eigenvalue weighted by atomic mass is 10.3. The van der Waals surface area contributed by atoms with Crippen LogP contribution in [0.5, 0.6) is 0 Å². The average Bonchev–Trinajstić information content (AvgIpc) is 2.50. The highest BCUT2D eigenvalue weighted by molar-refractivity contribution is 7.17. The summed E-state index contributed by atoms with van der Waals surface area (Å²) in [6.45, 7) is 1.52. The van der Waals surface area contributed by atoms with Gasteiger partial charge in [0.25, 0.3) is 5.43 Å².